The Kier molecular flexibility index (Phi) is 7.92. The van der Waals surface area contributed by atoms with Crippen LogP contribution in [0.2, 0.25) is 0 Å². The molecule has 0 saturated carbocycles. The van der Waals surface area contributed by atoms with Gasteiger partial charge in [0.2, 0.25) is 0 Å². The van der Waals surface area contributed by atoms with Gasteiger partial charge in [0, 0.05) is 13.1 Å². The van der Waals surface area contributed by atoms with Gasteiger partial charge in [0.05, 0.1) is 33.0 Å². The van der Waals surface area contributed by atoms with E-state index in [9.17, 15) is 5.11 Å². The Morgan fingerprint density at radius 1 is 1.10 bits per heavy atom. The second kappa shape index (κ2) is 10.6. The smallest absolute Gasteiger partial charge is 0.160 e. The highest BCUT2D eigenvalue weighted by molar-refractivity contribution is 5.43. The van der Waals surface area contributed by atoms with Crippen molar-refractivity contribution >= 4 is 0 Å². The fourth-order valence-corrected chi connectivity index (χ4v) is 3.97. The summed E-state index contributed by atoms with van der Waals surface area (Å²) in [4.78, 5) is 2.14. The molecule has 29 heavy (non-hydrogen) atoms. The number of aryl methyl sites for hydroxylation is 1. The number of methoxy groups -OCH3 is 2. The number of fused-ring (bicyclic) bond motifs is 1. The summed E-state index contributed by atoms with van der Waals surface area (Å²) in [6.45, 7) is 1.79. The number of aliphatic hydroxyl groups is 1. The van der Waals surface area contributed by atoms with E-state index in [1.54, 1.807) is 14.2 Å². The van der Waals surface area contributed by atoms with Gasteiger partial charge in [-0.2, -0.15) is 0 Å². The van der Waals surface area contributed by atoms with Gasteiger partial charge >= 0.3 is 0 Å². The normalized spacial score (nSPS) is 17.1. The van der Waals surface area contributed by atoms with Crippen LogP contribution in [0.4, 0.5) is 0 Å². The predicted octanol–water partition coefficient (Wildman–Crippen LogP) is 3.63. The Morgan fingerprint density at radius 3 is 2.69 bits per heavy atom. The zero-order chi connectivity index (χ0) is 20.6. The highest BCUT2D eigenvalue weighted by Crippen LogP contribution is 2.32. The molecule has 0 saturated heterocycles. The molecule has 2 unspecified atom stereocenters. The van der Waals surface area contributed by atoms with Crippen molar-refractivity contribution in [3.63, 3.8) is 0 Å². The minimum absolute atomic E-state index is 0.103. The van der Waals surface area contributed by atoms with E-state index in [0.29, 0.717) is 13.2 Å². The lowest BCUT2D eigenvalue weighted by Gasteiger charge is -2.27. The van der Waals surface area contributed by atoms with E-state index in [4.69, 9.17) is 14.2 Å². The molecule has 5 nitrogen and oxygen atoms in total. The number of benzene rings is 2. The zero-order valence-corrected chi connectivity index (χ0v) is 17.8. The fourth-order valence-electron chi connectivity index (χ4n) is 3.97. The number of nitrogens with zero attached hydrogens (tertiary/aromatic N) is 1. The molecular weight excluding hydrogens is 366 g/mol. The maximum Gasteiger partial charge on any atom is 0.160 e. The lowest BCUT2D eigenvalue weighted by Crippen LogP contribution is -2.34. The Balaban J connectivity index is 1.43. The summed E-state index contributed by atoms with van der Waals surface area (Å²) in [5.74, 6) is 1.48. The molecule has 158 valence electrons. The molecule has 2 aromatic carbocycles. The minimum atomic E-state index is -0.500. The standard InChI is InChI=1S/C24H33NO4/c1-25(14-13-18-11-12-23(27-2)24(15-18)28-3)16-20(26)17-29-22-10-6-8-19-7-4-5-9-21(19)22/h4-5,7,9,11-12,15,20,22,26H,6,8,10,13-14,16-17H2,1-3H3. The minimum Gasteiger partial charge on any atom is -0.493 e. The van der Waals surface area contributed by atoms with Gasteiger partial charge in [-0.1, -0.05) is 30.3 Å². The van der Waals surface area contributed by atoms with Gasteiger partial charge in [0.15, 0.2) is 11.5 Å². The lowest BCUT2D eigenvalue weighted by atomic mass is 9.89. The van der Waals surface area contributed by atoms with Crippen molar-refractivity contribution in [2.75, 3.05) is 41.0 Å². The van der Waals surface area contributed by atoms with Crippen molar-refractivity contribution in [1.29, 1.82) is 0 Å². The third-order valence-corrected chi connectivity index (χ3v) is 5.56. The molecule has 1 N–H and O–H groups in total. The van der Waals surface area contributed by atoms with Crippen molar-refractivity contribution in [3.8, 4) is 11.5 Å². The first kappa shape index (κ1) is 21.6. The van der Waals surface area contributed by atoms with E-state index < -0.39 is 6.10 Å². The topological polar surface area (TPSA) is 51.2 Å². The van der Waals surface area contributed by atoms with Crippen molar-refractivity contribution in [3.05, 3.63) is 59.2 Å². The summed E-state index contributed by atoms with van der Waals surface area (Å²) in [7, 11) is 5.31. The van der Waals surface area contributed by atoms with Crippen LogP contribution in [0.25, 0.3) is 0 Å². The summed E-state index contributed by atoms with van der Waals surface area (Å²) >= 11 is 0. The maximum atomic E-state index is 10.4. The Morgan fingerprint density at radius 2 is 1.90 bits per heavy atom. The van der Waals surface area contributed by atoms with Crippen LogP contribution in [0.1, 0.15) is 35.6 Å². The summed E-state index contributed by atoms with van der Waals surface area (Å²) in [6.07, 6.45) is 3.77. The van der Waals surface area contributed by atoms with Crippen LogP contribution in [0.5, 0.6) is 11.5 Å². The first-order valence-corrected chi connectivity index (χ1v) is 10.4. The fraction of sp³-hybridized carbons (Fsp3) is 0.500. The first-order chi connectivity index (χ1) is 14.1. The van der Waals surface area contributed by atoms with Crippen LogP contribution in [0, 0.1) is 0 Å². The van der Waals surface area contributed by atoms with E-state index in [1.165, 1.54) is 16.7 Å². The van der Waals surface area contributed by atoms with Crippen LogP contribution in [-0.4, -0.2) is 57.1 Å². The molecule has 0 radical (unpaired) electrons. The molecule has 1 aliphatic rings. The predicted molar refractivity (Wildman–Crippen MR) is 115 cm³/mol. The van der Waals surface area contributed by atoms with Crippen LogP contribution in [0.15, 0.2) is 42.5 Å². The third kappa shape index (κ3) is 5.95. The van der Waals surface area contributed by atoms with Gasteiger partial charge in [-0.25, -0.2) is 0 Å². The number of likely N-dealkylation sites (N-methyl/N-ethyl adjacent to an activating group) is 1. The number of hydrogen-bond donors (Lipinski definition) is 1. The largest absolute Gasteiger partial charge is 0.493 e. The molecule has 0 aliphatic heterocycles. The molecule has 2 aromatic rings. The summed E-state index contributed by atoms with van der Waals surface area (Å²) in [5.41, 5.74) is 3.84. The average molecular weight is 400 g/mol. The molecule has 3 rings (SSSR count). The van der Waals surface area contributed by atoms with E-state index in [-0.39, 0.29) is 6.10 Å². The first-order valence-electron chi connectivity index (χ1n) is 10.4. The highest BCUT2D eigenvalue weighted by Gasteiger charge is 2.21. The van der Waals surface area contributed by atoms with Gasteiger partial charge in [-0.15, -0.1) is 0 Å². The van der Waals surface area contributed by atoms with Crippen molar-refractivity contribution in [2.45, 2.75) is 37.9 Å². The van der Waals surface area contributed by atoms with Crippen molar-refractivity contribution < 1.29 is 19.3 Å². The Labute approximate surface area is 174 Å². The van der Waals surface area contributed by atoms with Gasteiger partial charge < -0.3 is 24.2 Å². The maximum absolute atomic E-state index is 10.4. The summed E-state index contributed by atoms with van der Waals surface area (Å²) in [5, 5.41) is 10.4. The van der Waals surface area contributed by atoms with E-state index in [1.807, 2.05) is 19.2 Å². The number of rotatable bonds is 10. The second-order valence-electron chi connectivity index (χ2n) is 7.77. The SMILES string of the molecule is COc1ccc(CCN(C)CC(O)COC2CCCc3ccccc32)cc1OC. The van der Waals surface area contributed by atoms with Crippen molar-refractivity contribution in [1.82, 2.24) is 4.90 Å². The monoisotopic (exact) mass is 399 g/mol. The van der Waals surface area contributed by atoms with Crippen LogP contribution >= 0.6 is 0 Å². The zero-order valence-electron chi connectivity index (χ0n) is 17.8. The molecule has 0 amide bonds. The molecule has 0 heterocycles. The number of aliphatic hydroxyl groups excluding tert-OH is 1. The second-order valence-corrected chi connectivity index (χ2v) is 7.77. The summed E-state index contributed by atoms with van der Waals surface area (Å²) < 4.78 is 16.7. The molecule has 1 aliphatic carbocycles. The Hall–Kier alpha value is -2.08. The lowest BCUT2D eigenvalue weighted by molar-refractivity contribution is -0.0258. The average Bonchev–Trinajstić information content (AvgIpc) is 2.76. The molecular formula is C24H33NO4. The van der Waals surface area contributed by atoms with Crippen LogP contribution < -0.4 is 9.47 Å². The van der Waals surface area contributed by atoms with Gasteiger partial charge in [0.1, 0.15) is 0 Å². The summed E-state index contributed by atoms with van der Waals surface area (Å²) in [6, 6.07) is 14.5. The molecule has 0 spiro atoms. The number of ether oxygens (including phenoxy) is 3. The third-order valence-electron chi connectivity index (χ3n) is 5.56. The quantitative estimate of drug-likeness (QED) is 0.661. The molecule has 0 bridgehead atoms. The molecule has 0 fully saturated rings. The van der Waals surface area contributed by atoms with Gasteiger partial charge in [-0.05, 0) is 61.6 Å². The van der Waals surface area contributed by atoms with Crippen LogP contribution in [0.3, 0.4) is 0 Å². The van der Waals surface area contributed by atoms with E-state index in [0.717, 1.165) is 43.7 Å². The van der Waals surface area contributed by atoms with E-state index in [2.05, 4.69) is 35.2 Å². The van der Waals surface area contributed by atoms with Gasteiger partial charge in [-0.3, -0.25) is 0 Å². The molecule has 0 aromatic heterocycles. The van der Waals surface area contributed by atoms with Crippen LogP contribution in [-0.2, 0) is 17.6 Å². The Bertz CT molecular complexity index is 779. The molecule has 5 heteroatoms. The number of hydrogen-bond acceptors (Lipinski definition) is 5. The van der Waals surface area contributed by atoms with Crippen molar-refractivity contribution in [2.24, 2.45) is 0 Å². The highest BCUT2D eigenvalue weighted by atomic mass is 16.5. The van der Waals surface area contributed by atoms with E-state index >= 15 is 0 Å². The molecule has 2 atom stereocenters. The van der Waals surface area contributed by atoms with Gasteiger partial charge in [0.25, 0.3) is 0 Å².